The number of aliphatic carboxylic acids is 1. The molecule has 3 rings (SSSR count). The molecular formula is C16H19N3O5. The maximum Gasteiger partial charge on any atom is 0.326 e. The van der Waals surface area contributed by atoms with E-state index in [1.807, 2.05) is 0 Å². The molecule has 1 aliphatic heterocycles. The van der Waals surface area contributed by atoms with Crippen LogP contribution in [0.15, 0.2) is 23.0 Å². The predicted octanol–water partition coefficient (Wildman–Crippen LogP) is 0.476. The van der Waals surface area contributed by atoms with Crippen LogP contribution >= 0.6 is 0 Å². The van der Waals surface area contributed by atoms with Gasteiger partial charge in [-0.05, 0) is 31.0 Å². The summed E-state index contributed by atoms with van der Waals surface area (Å²) in [4.78, 5) is 38.2. The molecule has 2 aromatic rings. The van der Waals surface area contributed by atoms with Gasteiger partial charge in [0.2, 0.25) is 0 Å². The van der Waals surface area contributed by atoms with E-state index in [2.05, 4.69) is 10.3 Å². The Hall–Kier alpha value is -2.61. The van der Waals surface area contributed by atoms with Crippen molar-refractivity contribution in [2.24, 2.45) is 13.0 Å². The average molecular weight is 333 g/mol. The summed E-state index contributed by atoms with van der Waals surface area (Å²) in [5.74, 6) is -1.81. The Bertz CT molecular complexity index is 832. The number of aryl methyl sites for hydroxylation is 1. The Morgan fingerprint density at radius 1 is 1.46 bits per heavy atom. The smallest absolute Gasteiger partial charge is 0.326 e. The Labute approximate surface area is 137 Å². The Morgan fingerprint density at radius 2 is 2.25 bits per heavy atom. The number of carbonyl (C=O) groups excluding carboxylic acids is 1. The number of carbonyl (C=O) groups is 2. The summed E-state index contributed by atoms with van der Waals surface area (Å²) in [6.45, 7) is 0.942. The van der Waals surface area contributed by atoms with Gasteiger partial charge in [-0.3, -0.25) is 9.36 Å². The van der Waals surface area contributed by atoms with Crippen LogP contribution in [0, 0.1) is 5.92 Å². The fourth-order valence-corrected chi connectivity index (χ4v) is 3.00. The molecule has 2 atom stereocenters. The molecule has 0 spiro atoms. The van der Waals surface area contributed by atoms with Crippen LogP contribution in [0.3, 0.4) is 0 Å². The quantitative estimate of drug-likeness (QED) is 0.753. The first-order valence-corrected chi connectivity index (χ1v) is 7.77. The molecule has 0 bridgehead atoms. The third kappa shape index (κ3) is 3.05. The van der Waals surface area contributed by atoms with Crippen LogP contribution < -0.4 is 11.0 Å². The second-order valence-electron chi connectivity index (χ2n) is 5.99. The normalized spacial score (nSPS) is 19.1. The van der Waals surface area contributed by atoms with Gasteiger partial charge in [-0.25, -0.2) is 9.59 Å². The number of nitrogens with zero attached hydrogens (tertiary/aromatic N) is 1. The summed E-state index contributed by atoms with van der Waals surface area (Å²) in [5, 5.41) is 12.0. The lowest BCUT2D eigenvalue weighted by Crippen LogP contribution is -2.48. The third-order valence-electron chi connectivity index (χ3n) is 4.39. The first-order valence-electron chi connectivity index (χ1n) is 7.77. The van der Waals surface area contributed by atoms with Crippen LogP contribution in [0.4, 0.5) is 0 Å². The Kier molecular flexibility index (Phi) is 4.39. The summed E-state index contributed by atoms with van der Waals surface area (Å²) >= 11 is 0. The molecule has 1 fully saturated rings. The molecule has 0 aliphatic carbocycles. The summed E-state index contributed by atoms with van der Waals surface area (Å²) in [6.07, 6.45) is 1.48. The highest BCUT2D eigenvalue weighted by molar-refractivity contribution is 5.99. The van der Waals surface area contributed by atoms with Crippen molar-refractivity contribution in [1.29, 1.82) is 0 Å². The molecular weight excluding hydrogens is 314 g/mol. The number of imidazole rings is 1. The number of amides is 1. The van der Waals surface area contributed by atoms with Gasteiger partial charge < -0.3 is 20.1 Å². The fraction of sp³-hybridized carbons (Fsp3) is 0.438. The number of aromatic nitrogens is 2. The molecule has 3 N–H and O–H groups in total. The lowest BCUT2D eigenvalue weighted by molar-refractivity contribution is -0.142. The van der Waals surface area contributed by atoms with Gasteiger partial charge in [0.1, 0.15) is 6.04 Å². The Morgan fingerprint density at radius 3 is 2.92 bits per heavy atom. The number of carboxylic acid groups (broad SMARTS) is 1. The lowest BCUT2D eigenvalue weighted by Gasteiger charge is -2.28. The number of ether oxygens (including phenoxy) is 1. The van der Waals surface area contributed by atoms with Crippen LogP contribution in [0.25, 0.3) is 11.0 Å². The van der Waals surface area contributed by atoms with Crippen molar-refractivity contribution >= 4 is 22.9 Å². The van der Waals surface area contributed by atoms with Crippen LogP contribution in [0.1, 0.15) is 23.2 Å². The van der Waals surface area contributed by atoms with Crippen molar-refractivity contribution in [3.8, 4) is 0 Å². The molecule has 0 saturated carbocycles. The number of hydrogen-bond donors (Lipinski definition) is 3. The highest BCUT2D eigenvalue weighted by Gasteiger charge is 2.31. The van der Waals surface area contributed by atoms with E-state index in [0.29, 0.717) is 36.2 Å². The van der Waals surface area contributed by atoms with E-state index in [1.54, 1.807) is 25.2 Å². The topological polar surface area (TPSA) is 113 Å². The van der Waals surface area contributed by atoms with Crippen molar-refractivity contribution in [2.75, 3.05) is 13.2 Å². The van der Waals surface area contributed by atoms with Crippen LogP contribution in [-0.4, -0.2) is 45.8 Å². The number of fused-ring (bicyclic) bond motifs is 1. The summed E-state index contributed by atoms with van der Waals surface area (Å²) < 4.78 is 6.72. The second kappa shape index (κ2) is 6.48. The lowest BCUT2D eigenvalue weighted by atomic mass is 9.93. The average Bonchev–Trinajstić information content (AvgIpc) is 2.87. The number of aromatic amines is 1. The van der Waals surface area contributed by atoms with Gasteiger partial charge in [0.15, 0.2) is 0 Å². The number of hydrogen-bond acceptors (Lipinski definition) is 4. The van der Waals surface area contributed by atoms with Crippen molar-refractivity contribution in [3.05, 3.63) is 34.2 Å². The molecule has 0 radical (unpaired) electrons. The summed E-state index contributed by atoms with van der Waals surface area (Å²) in [5.41, 5.74) is 1.24. The van der Waals surface area contributed by atoms with Gasteiger partial charge >= 0.3 is 11.7 Å². The highest BCUT2D eigenvalue weighted by atomic mass is 16.5. The minimum Gasteiger partial charge on any atom is -0.480 e. The van der Waals surface area contributed by atoms with Gasteiger partial charge in [-0.1, -0.05) is 0 Å². The Balaban J connectivity index is 1.83. The van der Waals surface area contributed by atoms with E-state index >= 15 is 0 Å². The zero-order chi connectivity index (χ0) is 17.3. The summed E-state index contributed by atoms with van der Waals surface area (Å²) in [6, 6.07) is 3.76. The zero-order valence-electron chi connectivity index (χ0n) is 13.2. The predicted molar refractivity (Wildman–Crippen MR) is 86.0 cm³/mol. The second-order valence-corrected chi connectivity index (χ2v) is 5.99. The number of nitrogens with one attached hydrogen (secondary N) is 2. The number of H-pyrrole nitrogens is 1. The molecule has 1 saturated heterocycles. The van der Waals surface area contributed by atoms with Gasteiger partial charge in [-0.15, -0.1) is 0 Å². The molecule has 8 heteroatoms. The number of carboxylic acids is 1. The van der Waals surface area contributed by atoms with Crippen molar-refractivity contribution in [2.45, 2.75) is 18.9 Å². The van der Waals surface area contributed by atoms with E-state index in [9.17, 15) is 19.5 Å². The van der Waals surface area contributed by atoms with Gasteiger partial charge in [0.25, 0.3) is 5.91 Å². The van der Waals surface area contributed by atoms with E-state index in [4.69, 9.17) is 4.74 Å². The highest BCUT2D eigenvalue weighted by Crippen LogP contribution is 2.19. The summed E-state index contributed by atoms with van der Waals surface area (Å²) in [7, 11) is 1.60. The number of rotatable bonds is 4. The van der Waals surface area contributed by atoms with Crippen molar-refractivity contribution in [3.63, 3.8) is 0 Å². The third-order valence-corrected chi connectivity index (χ3v) is 4.39. The van der Waals surface area contributed by atoms with E-state index in [-0.39, 0.29) is 11.6 Å². The first kappa shape index (κ1) is 16.3. The molecule has 2 heterocycles. The van der Waals surface area contributed by atoms with Gasteiger partial charge in [0.05, 0.1) is 17.6 Å². The molecule has 128 valence electrons. The van der Waals surface area contributed by atoms with Crippen LogP contribution in [0.2, 0.25) is 0 Å². The minimum atomic E-state index is -1.08. The van der Waals surface area contributed by atoms with Gasteiger partial charge in [-0.2, -0.15) is 0 Å². The fourth-order valence-electron chi connectivity index (χ4n) is 3.00. The molecule has 8 nitrogen and oxygen atoms in total. The number of benzene rings is 1. The SMILES string of the molecule is Cn1c(=O)[nH]c2ccc(C(=O)NC(C(=O)O)C3CCCOC3)cc21. The molecule has 1 aromatic carbocycles. The maximum absolute atomic E-state index is 12.5. The minimum absolute atomic E-state index is 0.249. The zero-order valence-corrected chi connectivity index (χ0v) is 13.2. The maximum atomic E-state index is 12.5. The van der Waals surface area contributed by atoms with E-state index < -0.39 is 17.9 Å². The monoisotopic (exact) mass is 333 g/mol. The van der Waals surface area contributed by atoms with E-state index in [0.717, 1.165) is 6.42 Å². The van der Waals surface area contributed by atoms with Crippen LogP contribution in [-0.2, 0) is 16.6 Å². The molecule has 24 heavy (non-hydrogen) atoms. The molecule has 1 amide bonds. The van der Waals surface area contributed by atoms with Gasteiger partial charge in [0, 0.05) is 25.1 Å². The molecule has 2 unspecified atom stereocenters. The van der Waals surface area contributed by atoms with Crippen LogP contribution in [0.5, 0.6) is 0 Å². The van der Waals surface area contributed by atoms with Crippen molar-refractivity contribution < 1.29 is 19.4 Å². The van der Waals surface area contributed by atoms with Crippen molar-refractivity contribution in [1.82, 2.24) is 14.9 Å². The largest absolute Gasteiger partial charge is 0.480 e. The first-order chi connectivity index (χ1) is 11.5. The molecule has 1 aromatic heterocycles. The standard InChI is InChI=1S/C16H19N3O5/c1-19-12-7-9(4-5-11(12)17-16(19)23)14(20)18-13(15(21)22)10-3-2-6-24-8-10/h4-5,7,10,13H,2-3,6,8H2,1H3,(H,17,23)(H,18,20)(H,21,22). The van der Waals surface area contributed by atoms with E-state index in [1.165, 1.54) is 4.57 Å². The molecule has 1 aliphatic rings.